The molecule has 0 unspecified atom stereocenters. The summed E-state index contributed by atoms with van der Waals surface area (Å²) < 4.78 is 37.4. The second-order valence-corrected chi connectivity index (χ2v) is 5.10. The van der Waals surface area contributed by atoms with Crippen molar-refractivity contribution in [1.29, 1.82) is 5.26 Å². The van der Waals surface area contributed by atoms with Crippen molar-refractivity contribution in [3.8, 4) is 6.07 Å². The number of amides is 1. The molecule has 2 rings (SSSR count). The molecule has 0 radical (unpaired) electrons. The summed E-state index contributed by atoms with van der Waals surface area (Å²) in [5, 5.41) is 11.2. The highest BCUT2D eigenvalue weighted by Crippen LogP contribution is 2.42. The summed E-state index contributed by atoms with van der Waals surface area (Å²) >= 11 is 5.74. The van der Waals surface area contributed by atoms with Crippen molar-refractivity contribution in [2.45, 2.75) is 25.4 Å². The number of carbonyl (C=O) groups excluding carboxylic acids is 1. The van der Waals surface area contributed by atoms with E-state index in [1.165, 1.54) is 0 Å². The zero-order valence-corrected chi connectivity index (χ0v) is 11.0. The van der Waals surface area contributed by atoms with Gasteiger partial charge in [0, 0.05) is 0 Å². The van der Waals surface area contributed by atoms with Crippen molar-refractivity contribution < 1.29 is 18.0 Å². The Kier molecular flexibility index (Phi) is 3.65. The fourth-order valence-corrected chi connectivity index (χ4v) is 2.18. The number of carbonyl (C=O) groups is 1. The zero-order chi connectivity index (χ0) is 15.0. The Labute approximate surface area is 118 Å². The lowest BCUT2D eigenvalue weighted by Gasteiger charge is -2.33. The topological polar surface area (TPSA) is 52.9 Å². The Morgan fingerprint density at radius 1 is 1.40 bits per heavy atom. The van der Waals surface area contributed by atoms with Crippen molar-refractivity contribution in [3.63, 3.8) is 0 Å². The van der Waals surface area contributed by atoms with Crippen LogP contribution < -0.4 is 5.32 Å². The number of nitrogens with zero attached hydrogens (tertiary/aromatic N) is 1. The van der Waals surface area contributed by atoms with Gasteiger partial charge in [-0.25, -0.2) is 0 Å². The minimum atomic E-state index is -4.49. The van der Waals surface area contributed by atoms with Gasteiger partial charge in [0.1, 0.15) is 5.41 Å². The van der Waals surface area contributed by atoms with Gasteiger partial charge in [-0.1, -0.05) is 11.6 Å². The van der Waals surface area contributed by atoms with E-state index in [0.29, 0.717) is 12.8 Å². The highest BCUT2D eigenvalue weighted by atomic mass is 35.5. The Bertz CT molecular complexity index is 588. The number of nitrogens with one attached hydrogen (secondary N) is 1. The van der Waals surface area contributed by atoms with Gasteiger partial charge >= 0.3 is 6.18 Å². The van der Waals surface area contributed by atoms with Crippen LogP contribution in [0.2, 0.25) is 5.02 Å². The van der Waals surface area contributed by atoms with Crippen molar-refractivity contribution >= 4 is 23.2 Å². The molecule has 0 spiro atoms. The van der Waals surface area contributed by atoms with Gasteiger partial charge in [0.25, 0.3) is 0 Å². The first-order valence-electron chi connectivity index (χ1n) is 5.88. The summed E-state index contributed by atoms with van der Waals surface area (Å²) in [5.41, 5.74) is -1.89. The zero-order valence-electron chi connectivity index (χ0n) is 10.2. The Hall–Kier alpha value is -1.74. The van der Waals surface area contributed by atoms with E-state index in [-0.39, 0.29) is 10.7 Å². The van der Waals surface area contributed by atoms with Gasteiger partial charge in [-0.3, -0.25) is 4.79 Å². The Morgan fingerprint density at radius 2 is 2.05 bits per heavy atom. The maximum Gasteiger partial charge on any atom is 0.416 e. The lowest BCUT2D eigenvalue weighted by atomic mass is 9.69. The van der Waals surface area contributed by atoms with Gasteiger partial charge in [-0.05, 0) is 37.5 Å². The van der Waals surface area contributed by atoms with E-state index < -0.39 is 23.1 Å². The van der Waals surface area contributed by atoms with Crippen LogP contribution in [0, 0.1) is 16.7 Å². The van der Waals surface area contributed by atoms with Gasteiger partial charge in [-0.2, -0.15) is 18.4 Å². The molecule has 1 aliphatic rings. The van der Waals surface area contributed by atoms with Gasteiger partial charge in [0.05, 0.1) is 22.3 Å². The predicted molar refractivity (Wildman–Crippen MR) is 67.0 cm³/mol. The second kappa shape index (κ2) is 4.98. The van der Waals surface area contributed by atoms with E-state index >= 15 is 0 Å². The standard InChI is InChI=1S/C13H10ClF3N2O/c14-9-6-8(13(15,16)17)2-3-10(9)19-11(20)12(7-18)4-1-5-12/h2-3,6H,1,4-5H2,(H,19,20). The molecule has 20 heavy (non-hydrogen) atoms. The largest absolute Gasteiger partial charge is 0.416 e. The van der Waals surface area contributed by atoms with Gasteiger partial charge in [0.2, 0.25) is 5.91 Å². The fourth-order valence-electron chi connectivity index (χ4n) is 1.95. The second-order valence-electron chi connectivity index (χ2n) is 4.69. The van der Waals surface area contributed by atoms with E-state index in [1.807, 2.05) is 6.07 Å². The molecule has 1 aromatic rings. The maximum absolute atomic E-state index is 12.5. The first-order valence-corrected chi connectivity index (χ1v) is 6.26. The number of rotatable bonds is 2. The Morgan fingerprint density at radius 3 is 2.45 bits per heavy atom. The van der Waals surface area contributed by atoms with E-state index in [2.05, 4.69) is 5.32 Å². The van der Waals surface area contributed by atoms with E-state index in [4.69, 9.17) is 16.9 Å². The first-order chi connectivity index (χ1) is 9.28. The molecule has 0 saturated heterocycles. The number of hydrogen-bond acceptors (Lipinski definition) is 2. The lowest BCUT2D eigenvalue weighted by molar-refractivity contribution is -0.137. The third kappa shape index (κ3) is 2.59. The molecule has 1 fully saturated rings. The third-order valence-corrected chi connectivity index (χ3v) is 3.71. The van der Waals surface area contributed by atoms with Crippen LogP contribution in [0.4, 0.5) is 18.9 Å². The van der Waals surface area contributed by atoms with Crippen LogP contribution in [-0.4, -0.2) is 5.91 Å². The normalized spacial score (nSPS) is 16.9. The van der Waals surface area contributed by atoms with Crippen molar-refractivity contribution in [2.24, 2.45) is 5.41 Å². The minimum Gasteiger partial charge on any atom is -0.323 e. The van der Waals surface area contributed by atoms with Crippen LogP contribution in [0.25, 0.3) is 0 Å². The highest BCUT2D eigenvalue weighted by Gasteiger charge is 2.44. The lowest BCUT2D eigenvalue weighted by Crippen LogP contribution is -2.40. The van der Waals surface area contributed by atoms with Crippen molar-refractivity contribution in [1.82, 2.24) is 0 Å². The van der Waals surface area contributed by atoms with Crippen molar-refractivity contribution in [2.75, 3.05) is 5.32 Å². The molecule has 0 bridgehead atoms. The maximum atomic E-state index is 12.5. The molecule has 7 heteroatoms. The average Bonchev–Trinajstić information content (AvgIpc) is 2.29. The smallest absolute Gasteiger partial charge is 0.323 e. The molecular formula is C13H10ClF3N2O. The number of anilines is 1. The van der Waals surface area contributed by atoms with Crippen LogP contribution in [0.1, 0.15) is 24.8 Å². The molecule has 1 N–H and O–H groups in total. The number of nitriles is 1. The molecule has 1 aliphatic carbocycles. The number of hydrogen-bond donors (Lipinski definition) is 1. The third-order valence-electron chi connectivity index (χ3n) is 3.40. The summed E-state index contributed by atoms with van der Waals surface area (Å²) in [6, 6.07) is 4.63. The monoisotopic (exact) mass is 302 g/mol. The molecule has 0 heterocycles. The van der Waals surface area contributed by atoms with E-state index in [0.717, 1.165) is 24.6 Å². The summed E-state index contributed by atoms with van der Waals surface area (Å²) in [5.74, 6) is -0.520. The summed E-state index contributed by atoms with van der Waals surface area (Å²) in [6.45, 7) is 0. The summed E-state index contributed by atoms with van der Waals surface area (Å²) in [6.07, 6.45) is -2.81. The van der Waals surface area contributed by atoms with Gasteiger partial charge < -0.3 is 5.32 Å². The number of alkyl halides is 3. The molecule has 1 aromatic carbocycles. The molecular weight excluding hydrogens is 293 g/mol. The van der Waals surface area contributed by atoms with Crippen molar-refractivity contribution in [3.05, 3.63) is 28.8 Å². The quantitative estimate of drug-likeness (QED) is 0.898. The molecule has 1 amide bonds. The fraction of sp³-hybridized carbons (Fsp3) is 0.385. The minimum absolute atomic E-state index is 0.0752. The summed E-state index contributed by atoms with van der Waals surface area (Å²) in [4.78, 5) is 12.0. The SMILES string of the molecule is N#CC1(C(=O)Nc2ccc(C(F)(F)F)cc2Cl)CCC1. The highest BCUT2D eigenvalue weighted by molar-refractivity contribution is 6.33. The van der Waals surface area contributed by atoms with Crippen LogP contribution in [0.15, 0.2) is 18.2 Å². The van der Waals surface area contributed by atoms with Crippen LogP contribution in [0.5, 0.6) is 0 Å². The van der Waals surface area contributed by atoms with E-state index in [1.54, 1.807) is 0 Å². The molecule has 106 valence electrons. The van der Waals surface area contributed by atoms with Crippen LogP contribution in [0.3, 0.4) is 0 Å². The van der Waals surface area contributed by atoms with Crippen LogP contribution in [-0.2, 0) is 11.0 Å². The average molecular weight is 303 g/mol. The predicted octanol–water partition coefficient (Wildman–Crippen LogP) is 3.99. The van der Waals surface area contributed by atoms with Crippen LogP contribution >= 0.6 is 11.6 Å². The summed E-state index contributed by atoms with van der Waals surface area (Å²) in [7, 11) is 0. The molecule has 1 saturated carbocycles. The van der Waals surface area contributed by atoms with Gasteiger partial charge in [0.15, 0.2) is 0 Å². The Balaban J connectivity index is 2.19. The van der Waals surface area contributed by atoms with Gasteiger partial charge in [-0.15, -0.1) is 0 Å². The molecule has 0 atom stereocenters. The molecule has 0 aliphatic heterocycles. The van der Waals surface area contributed by atoms with E-state index in [9.17, 15) is 18.0 Å². The molecule has 0 aromatic heterocycles. The number of benzene rings is 1. The first kappa shape index (κ1) is 14.7. The number of halogens is 4. The molecule has 3 nitrogen and oxygen atoms in total.